The maximum atomic E-state index is 5.61. The van der Waals surface area contributed by atoms with Crippen LogP contribution in [0.15, 0.2) is 12.1 Å². The molecule has 3 heteroatoms. The molecular weight excluding hydrogens is 226 g/mol. The fraction of sp³-hybridized carbons (Fsp3) is 0.600. The van der Waals surface area contributed by atoms with Gasteiger partial charge in [0.1, 0.15) is 0 Å². The number of ether oxygens (including phenoxy) is 2. The Bertz CT molecular complexity index is 398. The molecular formula is C15H23NO2. The molecule has 1 unspecified atom stereocenters. The number of benzene rings is 1. The molecule has 1 aliphatic rings. The zero-order valence-electron chi connectivity index (χ0n) is 11.6. The third kappa shape index (κ3) is 2.46. The van der Waals surface area contributed by atoms with Crippen LogP contribution in [0.4, 0.5) is 0 Å². The molecule has 0 spiro atoms. The Morgan fingerprint density at radius 1 is 1.28 bits per heavy atom. The van der Waals surface area contributed by atoms with Crippen LogP contribution in [0.5, 0.6) is 11.5 Å². The molecule has 1 saturated heterocycles. The van der Waals surface area contributed by atoms with Crippen molar-refractivity contribution >= 4 is 0 Å². The predicted octanol–water partition coefficient (Wildman–Crippen LogP) is 2.73. The normalized spacial score (nSPS) is 19.6. The van der Waals surface area contributed by atoms with Gasteiger partial charge in [-0.2, -0.15) is 0 Å². The summed E-state index contributed by atoms with van der Waals surface area (Å²) in [6.45, 7) is 4.36. The fourth-order valence-corrected chi connectivity index (χ4v) is 2.85. The van der Waals surface area contributed by atoms with E-state index in [0.29, 0.717) is 5.92 Å². The first-order valence-electron chi connectivity index (χ1n) is 6.76. The Morgan fingerprint density at radius 3 is 2.67 bits per heavy atom. The predicted molar refractivity (Wildman–Crippen MR) is 73.8 cm³/mol. The topological polar surface area (TPSA) is 30.5 Å². The Kier molecular flexibility index (Phi) is 4.48. The molecule has 1 fully saturated rings. The summed E-state index contributed by atoms with van der Waals surface area (Å²) in [4.78, 5) is 0. The first kappa shape index (κ1) is 13.2. The molecule has 2 rings (SSSR count). The van der Waals surface area contributed by atoms with Crippen molar-refractivity contribution in [3.63, 3.8) is 0 Å². The summed E-state index contributed by atoms with van der Waals surface area (Å²) in [5.74, 6) is 2.31. The van der Waals surface area contributed by atoms with Gasteiger partial charge in [-0.05, 0) is 37.4 Å². The maximum Gasteiger partial charge on any atom is 0.164 e. The quantitative estimate of drug-likeness (QED) is 0.890. The summed E-state index contributed by atoms with van der Waals surface area (Å²) in [7, 11) is 3.43. The second kappa shape index (κ2) is 6.10. The molecule has 0 aliphatic carbocycles. The van der Waals surface area contributed by atoms with Crippen LogP contribution in [0, 0.1) is 0 Å². The molecule has 0 radical (unpaired) electrons. The highest BCUT2D eigenvalue weighted by Crippen LogP contribution is 2.40. The summed E-state index contributed by atoms with van der Waals surface area (Å²) < 4.78 is 11.0. The van der Waals surface area contributed by atoms with Crippen LogP contribution in [0.1, 0.15) is 36.8 Å². The summed E-state index contributed by atoms with van der Waals surface area (Å²) in [6.07, 6.45) is 3.49. The first-order valence-corrected chi connectivity index (χ1v) is 6.76. The number of piperidine rings is 1. The van der Waals surface area contributed by atoms with E-state index in [1.807, 2.05) is 6.07 Å². The van der Waals surface area contributed by atoms with Crippen LogP contribution in [0.25, 0.3) is 0 Å². The van der Waals surface area contributed by atoms with E-state index in [1.165, 1.54) is 24.0 Å². The van der Waals surface area contributed by atoms with Gasteiger partial charge in [0, 0.05) is 18.0 Å². The van der Waals surface area contributed by atoms with E-state index in [2.05, 4.69) is 18.3 Å². The highest BCUT2D eigenvalue weighted by Gasteiger charge is 2.23. The highest BCUT2D eigenvalue weighted by molar-refractivity contribution is 5.52. The van der Waals surface area contributed by atoms with E-state index in [1.54, 1.807) is 14.2 Å². The van der Waals surface area contributed by atoms with Crippen molar-refractivity contribution in [3.05, 3.63) is 23.3 Å². The second-order valence-electron chi connectivity index (χ2n) is 4.77. The molecule has 18 heavy (non-hydrogen) atoms. The van der Waals surface area contributed by atoms with Gasteiger partial charge in [-0.1, -0.05) is 13.0 Å². The maximum absolute atomic E-state index is 5.61. The average molecular weight is 249 g/mol. The SMILES string of the molecule is CCc1ccc(OC)c(OC)c1C1CCCNC1. The van der Waals surface area contributed by atoms with Gasteiger partial charge in [-0.3, -0.25) is 0 Å². The van der Waals surface area contributed by atoms with Crippen LogP contribution in [-0.4, -0.2) is 27.3 Å². The summed E-state index contributed by atoms with van der Waals surface area (Å²) >= 11 is 0. The third-order valence-electron chi connectivity index (χ3n) is 3.76. The van der Waals surface area contributed by atoms with Gasteiger partial charge in [0.05, 0.1) is 14.2 Å². The molecule has 0 amide bonds. The summed E-state index contributed by atoms with van der Waals surface area (Å²) in [6, 6.07) is 4.18. The molecule has 0 aromatic heterocycles. The molecule has 0 saturated carbocycles. The molecule has 1 aromatic rings. The minimum Gasteiger partial charge on any atom is -0.493 e. The van der Waals surface area contributed by atoms with Crippen molar-refractivity contribution in [1.29, 1.82) is 0 Å². The number of rotatable bonds is 4. The van der Waals surface area contributed by atoms with Gasteiger partial charge in [0.2, 0.25) is 0 Å². The average Bonchev–Trinajstić information content (AvgIpc) is 2.46. The molecule has 1 aliphatic heterocycles. The van der Waals surface area contributed by atoms with E-state index < -0.39 is 0 Å². The van der Waals surface area contributed by atoms with Crippen molar-refractivity contribution < 1.29 is 9.47 Å². The standard InChI is InChI=1S/C15H23NO2/c1-4-11-7-8-13(17-2)15(18-3)14(11)12-6-5-9-16-10-12/h7-8,12,16H,4-6,9-10H2,1-3H3. The van der Waals surface area contributed by atoms with E-state index >= 15 is 0 Å². The van der Waals surface area contributed by atoms with Crippen molar-refractivity contribution in [2.24, 2.45) is 0 Å². The van der Waals surface area contributed by atoms with Crippen molar-refractivity contribution in [3.8, 4) is 11.5 Å². The Labute approximate surface area is 109 Å². The van der Waals surface area contributed by atoms with Crippen LogP contribution in [-0.2, 0) is 6.42 Å². The van der Waals surface area contributed by atoms with E-state index in [0.717, 1.165) is 31.0 Å². The lowest BCUT2D eigenvalue weighted by Crippen LogP contribution is -2.29. The second-order valence-corrected chi connectivity index (χ2v) is 4.77. The van der Waals surface area contributed by atoms with E-state index in [9.17, 15) is 0 Å². The molecule has 1 aromatic carbocycles. The van der Waals surface area contributed by atoms with Crippen molar-refractivity contribution in [2.45, 2.75) is 32.1 Å². The van der Waals surface area contributed by atoms with E-state index in [4.69, 9.17) is 9.47 Å². The van der Waals surface area contributed by atoms with Gasteiger partial charge in [0.15, 0.2) is 11.5 Å². The smallest absolute Gasteiger partial charge is 0.164 e. The molecule has 1 atom stereocenters. The lowest BCUT2D eigenvalue weighted by molar-refractivity contribution is 0.344. The number of nitrogens with one attached hydrogen (secondary N) is 1. The number of hydrogen-bond acceptors (Lipinski definition) is 3. The highest BCUT2D eigenvalue weighted by atomic mass is 16.5. The minimum atomic E-state index is 0.541. The van der Waals surface area contributed by atoms with Gasteiger partial charge < -0.3 is 14.8 Å². The van der Waals surface area contributed by atoms with Crippen LogP contribution in [0.3, 0.4) is 0 Å². The Morgan fingerprint density at radius 2 is 2.11 bits per heavy atom. The molecule has 0 bridgehead atoms. The minimum absolute atomic E-state index is 0.541. The molecule has 1 N–H and O–H groups in total. The fourth-order valence-electron chi connectivity index (χ4n) is 2.85. The van der Waals surface area contributed by atoms with Gasteiger partial charge >= 0.3 is 0 Å². The molecule has 3 nitrogen and oxygen atoms in total. The molecule has 100 valence electrons. The first-order chi connectivity index (χ1) is 8.81. The molecule has 1 heterocycles. The van der Waals surface area contributed by atoms with Crippen LogP contribution < -0.4 is 14.8 Å². The monoisotopic (exact) mass is 249 g/mol. The summed E-state index contributed by atoms with van der Waals surface area (Å²) in [5.41, 5.74) is 2.72. The van der Waals surface area contributed by atoms with Gasteiger partial charge in [0.25, 0.3) is 0 Å². The van der Waals surface area contributed by atoms with Crippen LogP contribution >= 0.6 is 0 Å². The third-order valence-corrected chi connectivity index (χ3v) is 3.76. The number of hydrogen-bond donors (Lipinski definition) is 1. The van der Waals surface area contributed by atoms with Crippen LogP contribution in [0.2, 0.25) is 0 Å². The number of methoxy groups -OCH3 is 2. The van der Waals surface area contributed by atoms with Crippen molar-refractivity contribution in [2.75, 3.05) is 27.3 Å². The number of aryl methyl sites for hydroxylation is 1. The Hall–Kier alpha value is -1.22. The van der Waals surface area contributed by atoms with Gasteiger partial charge in [-0.15, -0.1) is 0 Å². The zero-order valence-corrected chi connectivity index (χ0v) is 11.6. The largest absolute Gasteiger partial charge is 0.493 e. The van der Waals surface area contributed by atoms with E-state index in [-0.39, 0.29) is 0 Å². The zero-order chi connectivity index (χ0) is 13.0. The van der Waals surface area contributed by atoms with Gasteiger partial charge in [-0.25, -0.2) is 0 Å². The summed E-state index contributed by atoms with van der Waals surface area (Å²) in [5, 5.41) is 3.48. The Balaban J connectivity index is 2.45. The van der Waals surface area contributed by atoms with Crippen molar-refractivity contribution in [1.82, 2.24) is 5.32 Å². The lowest BCUT2D eigenvalue weighted by atomic mass is 9.86. The lowest BCUT2D eigenvalue weighted by Gasteiger charge is -2.27.